The molecule has 0 saturated heterocycles. The van der Waals surface area contributed by atoms with Gasteiger partial charge in [-0.1, -0.05) is 27.7 Å². The van der Waals surface area contributed by atoms with Gasteiger partial charge in [-0.2, -0.15) is 11.8 Å². The van der Waals surface area contributed by atoms with E-state index >= 15 is 0 Å². The van der Waals surface area contributed by atoms with Crippen molar-refractivity contribution in [2.75, 3.05) is 19.1 Å². The van der Waals surface area contributed by atoms with Crippen LogP contribution in [0.15, 0.2) is 0 Å². The van der Waals surface area contributed by atoms with Crippen LogP contribution in [0.1, 0.15) is 34.1 Å². The van der Waals surface area contributed by atoms with Crippen molar-refractivity contribution in [2.45, 2.75) is 46.2 Å². The molecule has 16 heavy (non-hydrogen) atoms. The molecule has 0 aromatic carbocycles. The van der Waals surface area contributed by atoms with Gasteiger partial charge in [0, 0.05) is 18.8 Å². The second-order valence-electron chi connectivity index (χ2n) is 5.31. The first-order chi connectivity index (χ1) is 7.25. The van der Waals surface area contributed by atoms with Gasteiger partial charge in [0.1, 0.15) is 0 Å². The van der Waals surface area contributed by atoms with Crippen LogP contribution < -0.4 is 5.73 Å². The molecule has 0 aliphatic carbocycles. The van der Waals surface area contributed by atoms with Crippen LogP contribution in [0.25, 0.3) is 0 Å². The number of nitrogens with two attached hydrogens (primary N) is 1. The van der Waals surface area contributed by atoms with E-state index in [1.54, 1.807) is 11.8 Å². The number of nitrogens with zero attached hydrogens (tertiary/aromatic N) is 1. The van der Waals surface area contributed by atoms with E-state index in [4.69, 9.17) is 5.73 Å². The maximum absolute atomic E-state index is 12.2. The standard InChI is InChI=1S/C12H26N2OS/c1-7-9(8-16-6)14(5)11(15)10(13)12(2,3)4/h9-10H,7-8,13H2,1-6H3. The van der Waals surface area contributed by atoms with E-state index in [1.807, 2.05) is 32.7 Å². The van der Waals surface area contributed by atoms with Crippen molar-refractivity contribution in [3.63, 3.8) is 0 Å². The average Bonchev–Trinajstić information content (AvgIpc) is 2.21. The van der Waals surface area contributed by atoms with Crippen molar-refractivity contribution in [1.29, 1.82) is 0 Å². The number of hydrogen-bond donors (Lipinski definition) is 1. The van der Waals surface area contributed by atoms with Gasteiger partial charge in [-0.15, -0.1) is 0 Å². The largest absolute Gasteiger partial charge is 0.341 e. The molecule has 3 nitrogen and oxygen atoms in total. The molecule has 2 N–H and O–H groups in total. The summed E-state index contributed by atoms with van der Waals surface area (Å²) < 4.78 is 0. The van der Waals surface area contributed by atoms with E-state index in [-0.39, 0.29) is 17.4 Å². The molecule has 4 heteroatoms. The molecule has 0 aromatic heterocycles. The molecule has 0 fully saturated rings. The van der Waals surface area contributed by atoms with Gasteiger partial charge in [0.05, 0.1) is 6.04 Å². The zero-order valence-corrected chi connectivity index (χ0v) is 12.2. The molecule has 2 unspecified atom stereocenters. The van der Waals surface area contributed by atoms with E-state index in [2.05, 4.69) is 13.2 Å². The predicted molar refractivity (Wildman–Crippen MR) is 72.7 cm³/mol. The van der Waals surface area contributed by atoms with Crippen molar-refractivity contribution < 1.29 is 4.79 Å². The Balaban J connectivity index is 4.58. The van der Waals surface area contributed by atoms with Crippen molar-refractivity contribution in [1.82, 2.24) is 4.90 Å². The minimum absolute atomic E-state index is 0.0494. The number of amides is 1. The SMILES string of the molecule is CCC(CSC)N(C)C(=O)C(N)C(C)(C)C. The summed E-state index contributed by atoms with van der Waals surface area (Å²) in [7, 11) is 1.86. The quantitative estimate of drug-likeness (QED) is 0.806. The molecule has 0 aliphatic heterocycles. The van der Waals surface area contributed by atoms with E-state index in [0.29, 0.717) is 0 Å². The Hall–Kier alpha value is -0.220. The maximum Gasteiger partial charge on any atom is 0.240 e. The van der Waals surface area contributed by atoms with Crippen LogP contribution in [0.3, 0.4) is 0 Å². The fraction of sp³-hybridized carbons (Fsp3) is 0.917. The molecule has 0 radical (unpaired) electrons. The Morgan fingerprint density at radius 2 is 1.94 bits per heavy atom. The van der Waals surface area contributed by atoms with Gasteiger partial charge in [-0.05, 0) is 18.1 Å². The fourth-order valence-corrected chi connectivity index (χ4v) is 2.31. The second kappa shape index (κ2) is 6.50. The molecule has 2 atom stereocenters. The second-order valence-corrected chi connectivity index (χ2v) is 6.22. The van der Waals surface area contributed by atoms with Gasteiger partial charge < -0.3 is 10.6 Å². The molecule has 1 amide bonds. The maximum atomic E-state index is 12.2. The molecule has 0 spiro atoms. The minimum Gasteiger partial charge on any atom is -0.341 e. The third-order valence-corrected chi connectivity index (χ3v) is 3.64. The predicted octanol–water partition coefficient (Wildman–Crippen LogP) is 1.96. The number of hydrogen-bond acceptors (Lipinski definition) is 3. The molecule has 0 aliphatic rings. The molecular formula is C12H26N2OS. The highest BCUT2D eigenvalue weighted by molar-refractivity contribution is 7.98. The first-order valence-corrected chi connectivity index (χ1v) is 7.16. The van der Waals surface area contributed by atoms with Crippen molar-refractivity contribution in [3.8, 4) is 0 Å². The first-order valence-electron chi connectivity index (χ1n) is 5.76. The highest BCUT2D eigenvalue weighted by Crippen LogP contribution is 2.20. The van der Waals surface area contributed by atoms with Gasteiger partial charge in [0.2, 0.25) is 5.91 Å². The summed E-state index contributed by atoms with van der Waals surface area (Å²) in [5.41, 5.74) is 5.81. The smallest absolute Gasteiger partial charge is 0.240 e. The Kier molecular flexibility index (Phi) is 6.41. The van der Waals surface area contributed by atoms with E-state index in [0.717, 1.165) is 12.2 Å². The highest BCUT2D eigenvalue weighted by Gasteiger charge is 2.31. The van der Waals surface area contributed by atoms with Crippen LogP contribution in [0.4, 0.5) is 0 Å². The van der Waals surface area contributed by atoms with Crippen LogP contribution in [-0.4, -0.2) is 41.9 Å². The van der Waals surface area contributed by atoms with Crippen LogP contribution in [-0.2, 0) is 4.79 Å². The van der Waals surface area contributed by atoms with Gasteiger partial charge >= 0.3 is 0 Å². The Morgan fingerprint density at radius 3 is 2.25 bits per heavy atom. The van der Waals surface area contributed by atoms with Gasteiger partial charge in [-0.3, -0.25) is 4.79 Å². The highest BCUT2D eigenvalue weighted by atomic mass is 32.2. The number of likely N-dealkylation sites (N-methyl/N-ethyl adjacent to an activating group) is 1. The first kappa shape index (κ1) is 15.8. The van der Waals surface area contributed by atoms with E-state index in [9.17, 15) is 4.79 Å². The molecule has 0 bridgehead atoms. The zero-order valence-electron chi connectivity index (χ0n) is 11.4. The third kappa shape index (κ3) is 4.34. The summed E-state index contributed by atoms with van der Waals surface area (Å²) in [5, 5.41) is 0. The third-order valence-electron chi connectivity index (χ3n) is 2.92. The zero-order chi connectivity index (χ0) is 12.9. The van der Waals surface area contributed by atoms with Crippen LogP contribution >= 0.6 is 11.8 Å². The average molecular weight is 246 g/mol. The van der Waals surface area contributed by atoms with Crippen molar-refractivity contribution in [3.05, 3.63) is 0 Å². The van der Waals surface area contributed by atoms with Crippen LogP contribution in [0.5, 0.6) is 0 Å². The Labute approximate surface area is 104 Å². The van der Waals surface area contributed by atoms with Gasteiger partial charge in [0.25, 0.3) is 0 Å². The summed E-state index contributed by atoms with van der Waals surface area (Å²) >= 11 is 1.76. The lowest BCUT2D eigenvalue weighted by atomic mass is 9.86. The molecule has 96 valence electrons. The monoisotopic (exact) mass is 246 g/mol. The van der Waals surface area contributed by atoms with Gasteiger partial charge in [-0.25, -0.2) is 0 Å². The molecule has 0 heterocycles. The van der Waals surface area contributed by atoms with E-state index in [1.165, 1.54) is 0 Å². The Morgan fingerprint density at radius 1 is 1.44 bits per heavy atom. The lowest BCUT2D eigenvalue weighted by molar-refractivity contribution is -0.135. The van der Waals surface area contributed by atoms with E-state index < -0.39 is 6.04 Å². The summed E-state index contributed by atoms with van der Waals surface area (Å²) in [4.78, 5) is 14.0. The molecular weight excluding hydrogens is 220 g/mol. The number of rotatable bonds is 5. The summed E-state index contributed by atoms with van der Waals surface area (Å²) in [6, 6.07) is -0.135. The lowest BCUT2D eigenvalue weighted by Gasteiger charge is -2.34. The van der Waals surface area contributed by atoms with Crippen LogP contribution in [0, 0.1) is 5.41 Å². The summed E-state index contributed by atoms with van der Waals surface area (Å²) in [6.45, 7) is 8.10. The summed E-state index contributed by atoms with van der Waals surface area (Å²) in [5.74, 6) is 1.02. The topological polar surface area (TPSA) is 46.3 Å². The Bertz CT molecular complexity index is 226. The molecule has 0 rings (SSSR count). The van der Waals surface area contributed by atoms with Crippen molar-refractivity contribution in [2.24, 2.45) is 11.1 Å². The lowest BCUT2D eigenvalue weighted by Crippen LogP contribution is -2.52. The number of carbonyl (C=O) groups is 1. The van der Waals surface area contributed by atoms with Crippen molar-refractivity contribution >= 4 is 17.7 Å². The summed E-state index contributed by atoms with van der Waals surface area (Å²) in [6.07, 6.45) is 3.03. The molecule has 0 saturated carbocycles. The number of thioether (sulfide) groups is 1. The minimum atomic E-state index is -0.423. The van der Waals surface area contributed by atoms with Crippen LogP contribution in [0.2, 0.25) is 0 Å². The normalized spacial score (nSPS) is 15.7. The molecule has 0 aromatic rings. The fourth-order valence-electron chi connectivity index (χ4n) is 1.47. The number of carbonyl (C=O) groups excluding carboxylic acids is 1. The van der Waals surface area contributed by atoms with Gasteiger partial charge in [0.15, 0.2) is 0 Å².